The molecule has 112 valence electrons. The molecule has 1 fully saturated rings. The lowest BCUT2D eigenvalue weighted by molar-refractivity contribution is 0.357. The van der Waals surface area contributed by atoms with E-state index in [1.54, 1.807) is 12.1 Å². The molecule has 0 radical (unpaired) electrons. The van der Waals surface area contributed by atoms with E-state index in [2.05, 4.69) is 4.72 Å². The Labute approximate surface area is 125 Å². The summed E-state index contributed by atoms with van der Waals surface area (Å²) in [6, 6.07) is 4.82. The standard InChI is InChI=1S/C14H21ClN2O2S/c15-13-8-12(9-16)6-7-14(13)20(18,19)17-10-11-4-2-1-3-5-11/h6-8,11,17H,1-5,9-10,16H2. The third-order valence-electron chi connectivity index (χ3n) is 3.81. The van der Waals surface area contributed by atoms with E-state index in [-0.39, 0.29) is 9.92 Å². The van der Waals surface area contributed by atoms with Crippen molar-refractivity contribution in [2.45, 2.75) is 43.5 Å². The number of sulfonamides is 1. The van der Waals surface area contributed by atoms with Crippen molar-refractivity contribution in [1.82, 2.24) is 4.72 Å². The molecule has 0 atom stereocenters. The summed E-state index contributed by atoms with van der Waals surface area (Å²) >= 11 is 6.04. The lowest BCUT2D eigenvalue weighted by atomic mass is 9.90. The third-order valence-corrected chi connectivity index (χ3v) is 5.71. The first-order valence-electron chi connectivity index (χ1n) is 7.01. The molecular formula is C14H21ClN2O2S. The Morgan fingerprint density at radius 2 is 1.95 bits per heavy atom. The van der Waals surface area contributed by atoms with Gasteiger partial charge < -0.3 is 5.73 Å². The van der Waals surface area contributed by atoms with Gasteiger partial charge in [-0.15, -0.1) is 0 Å². The number of hydrogen-bond donors (Lipinski definition) is 2. The smallest absolute Gasteiger partial charge is 0.242 e. The van der Waals surface area contributed by atoms with E-state index in [0.717, 1.165) is 18.4 Å². The molecule has 4 nitrogen and oxygen atoms in total. The van der Waals surface area contributed by atoms with Crippen molar-refractivity contribution in [3.8, 4) is 0 Å². The first kappa shape index (κ1) is 15.8. The van der Waals surface area contributed by atoms with Gasteiger partial charge in [-0.1, -0.05) is 36.9 Å². The normalized spacial score (nSPS) is 17.3. The van der Waals surface area contributed by atoms with Gasteiger partial charge in [0.2, 0.25) is 10.0 Å². The molecular weight excluding hydrogens is 296 g/mol. The number of halogens is 1. The fraction of sp³-hybridized carbons (Fsp3) is 0.571. The number of hydrogen-bond acceptors (Lipinski definition) is 3. The first-order valence-corrected chi connectivity index (χ1v) is 8.87. The van der Waals surface area contributed by atoms with Crippen LogP contribution in [-0.2, 0) is 16.6 Å². The summed E-state index contributed by atoms with van der Waals surface area (Å²) in [5.74, 6) is 0.445. The molecule has 0 heterocycles. The average Bonchev–Trinajstić information content (AvgIpc) is 2.46. The summed E-state index contributed by atoms with van der Waals surface area (Å²) in [6.07, 6.45) is 5.84. The molecule has 0 aromatic heterocycles. The van der Waals surface area contributed by atoms with Crippen LogP contribution in [0.25, 0.3) is 0 Å². The van der Waals surface area contributed by atoms with Gasteiger partial charge in [0, 0.05) is 13.1 Å². The quantitative estimate of drug-likeness (QED) is 0.877. The molecule has 1 aliphatic carbocycles. The number of nitrogens with one attached hydrogen (secondary N) is 1. The topological polar surface area (TPSA) is 72.2 Å². The molecule has 1 aromatic carbocycles. The zero-order chi connectivity index (χ0) is 14.6. The van der Waals surface area contributed by atoms with Gasteiger partial charge in [-0.25, -0.2) is 13.1 Å². The average molecular weight is 317 g/mol. The van der Waals surface area contributed by atoms with Gasteiger partial charge in [0.1, 0.15) is 4.90 Å². The molecule has 2 rings (SSSR count). The summed E-state index contributed by atoms with van der Waals surface area (Å²) < 4.78 is 27.2. The third kappa shape index (κ3) is 3.95. The summed E-state index contributed by atoms with van der Waals surface area (Å²) in [5.41, 5.74) is 6.33. The van der Waals surface area contributed by atoms with Crippen molar-refractivity contribution in [1.29, 1.82) is 0 Å². The van der Waals surface area contributed by atoms with E-state index in [0.29, 0.717) is 19.0 Å². The monoisotopic (exact) mass is 316 g/mol. The minimum absolute atomic E-state index is 0.132. The van der Waals surface area contributed by atoms with Gasteiger partial charge in [0.15, 0.2) is 0 Å². The van der Waals surface area contributed by atoms with Crippen LogP contribution < -0.4 is 10.5 Å². The number of nitrogens with two attached hydrogens (primary N) is 1. The highest BCUT2D eigenvalue weighted by Crippen LogP contribution is 2.25. The van der Waals surface area contributed by atoms with Gasteiger partial charge >= 0.3 is 0 Å². The van der Waals surface area contributed by atoms with Crippen molar-refractivity contribution < 1.29 is 8.42 Å². The lowest BCUT2D eigenvalue weighted by Gasteiger charge is -2.21. The number of benzene rings is 1. The summed E-state index contributed by atoms with van der Waals surface area (Å²) in [7, 11) is -3.54. The molecule has 1 aliphatic rings. The Bertz CT molecular complexity index is 554. The minimum Gasteiger partial charge on any atom is -0.326 e. The predicted molar refractivity (Wildman–Crippen MR) is 81.1 cm³/mol. The Balaban J connectivity index is 2.05. The van der Waals surface area contributed by atoms with Crippen molar-refractivity contribution >= 4 is 21.6 Å². The fourth-order valence-electron chi connectivity index (χ4n) is 2.59. The maximum Gasteiger partial charge on any atom is 0.242 e. The van der Waals surface area contributed by atoms with Crippen LogP contribution in [0.3, 0.4) is 0 Å². The largest absolute Gasteiger partial charge is 0.326 e. The van der Waals surface area contributed by atoms with Crippen LogP contribution >= 0.6 is 11.6 Å². The SMILES string of the molecule is NCc1ccc(S(=O)(=O)NCC2CCCCC2)c(Cl)c1. The molecule has 1 saturated carbocycles. The zero-order valence-electron chi connectivity index (χ0n) is 11.4. The zero-order valence-corrected chi connectivity index (χ0v) is 13.0. The molecule has 3 N–H and O–H groups in total. The summed E-state index contributed by atoms with van der Waals surface area (Å²) in [6.45, 7) is 0.840. The number of rotatable bonds is 5. The first-order chi connectivity index (χ1) is 9.53. The highest BCUT2D eigenvalue weighted by molar-refractivity contribution is 7.89. The van der Waals surface area contributed by atoms with E-state index in [4.69, 9.17) is 17.3 Å². The van der Waals surface area contributed by atoms with Gasteiger partial charge in [-0.05, 0) is 36.5 Å². The lowest BCUT2D eigenvalue weighted by Crippen LogP contribution is -2.30. The van der Waals surface area contributed by atoms with Crippen molar-refractivity contribution in [3.05, 3.63) is 28.8 Å². The van der Waals surface area contributed by atoms with Crippen molar-refractivity contribution in [2.24, 2.45) is 11.7 Å². The van der Waals surface area contributed by atoms with Crippen LogP contribution in [0, 0.1) is 5.92 Å². The Morgan fingerprint density at radius 1 is 1.25 bits per heavy atom. The highest BCUT2D eigenvalue weighted by atomic mass is 35.5. The van der Waals surface area contributed by atoms with Crippen molar-refractivity contribution in [2.75, 3.05) is 6.54 Å². The van der Waals surface area contributed by atoms with Gasteiger partial charge in [0.25, 0.3) is 0 Å². The molecule has 0 unspecified atom stereocenters. The second-order valence-corrected chi connectivity index (χ2v) is 7.47. The van der Waals surface area contributed by atoms with Crippen LogP contribution in [0.4, 0.5) is 0 Å². The molecule has 20 heavy (non-hydrogen) atoms. The van der Waals surface area contributed by atoms with Crippen LogP contribution in [0.1, 0.15) is 37.7 Å². The molecule has 6 heteroatoms. The Kier molecular flexibility index (Phi) is 5.43. The second kappa shape index (κ2) is 6.89. The molecule has 0 saturated heterocycles. The molecule has 0 amide bonds. The van der Waals surface area contributed by atoms with Crippen LogP contribution in [0.2, 0.25) is 5.02 Å². The van der Waals surface area contributed by atoms with Crippen molar-refractivity contribution in [3.63, 3.8) is 0 Å². The molecule has 1 aromatic rings. The summed E-state index contributed by atoms with van der Waals surface area (Å²) in [4.78, 5) is 0.132. The van der Waals surface area contributed by atoms with Gasteiger partial charge in [-0.3, -0.25) is 0 Å². The van der Waals surface area contributed by atoms with E-state index >= 15 is 0 Å². The molecule has 0 spiro atoms. The Hall–Kier alpha value is -0.620. The highest BCUT2D eigenvalue weighted by Gasteiger charge is 2.21. The van der Waals surface area contributed by atoms with Gasteiger partial charge in [-0.2, -0.15) is 0 Å². The van der Waals surface area contributed by atoms with E-state index in [1.807, 2.05) is 0 Å². The summed E-state index contributed by atoms with van der Waals surface area (Å²) in [5, 5.41) is 0.226. The molecule has 0 aliphatic heterocycles. The minimum atomic E-state index is -3.54. The van der Waals surface area contributed by atoms with Crippen LogP contribution in [-0.4, -0.2) is 15.0 Å². The van der Waals surface area contributed by atoms with Crippen LogP contribution in [0.15, 0.2) is 23.1 Å². The Morgan fingerprint density at radius 3 is 2.55 bits per heavy atom. The maximum atomic E-state index is 12.3. The van der Waals surface area contributed by atoms with Gasteiger partial charge in [0.05, 0.1) is 5.02 Å². The molecule has 0 bridgehead atoms. The second-order valence-electron chi connectivity index (χ2n) is 5.32. The van der Waals surface area contributed by atoms with Crippen LogP contribution in [0.5, 0.6) is 0 Å². The van der Waals surface area contributed by atoms with E-state index in [1.165, 1.54) is 25.3 Å². The predicted octanol–water partition coefficient (Wildman–Crippen LogP) is 2.66. The fourth-order valence-corrected chi connectivity index (χ4v) is 4.27. The maximum absolute atomic E-state index is 12.3. The van der Waals surface area contributed by atoms with E-state index in [9.17, 15) is 8.42 Å². The van der Waals surface area contributed by atoms with E-state index < -0.39 is 10.0 Å².